The van der Waals surface area contributed by atoms with Crippen molar-refractivity contribution in [3.8, 4) is 11.1 Å². The number of halogens is 1. The van der Waals surface area contributed by atoms with Crippen molar-refractivity contribution in [1.82, 2.24) is 9.78 Å². The third-order valence-corrected chi connectivity index (χ3v) is 3.22. The second kappa shape index (κ2) is 4.94. The molecule has 0 aliphatic heterocycles. The number of nitrogens with zero attached hydrogens (tertiary/aromatic N) is 2. The normalized spacial score (nSPS) is 10.6. The van der Waals surface area contributed by atoms with Crippen LogP contribution in [-0.4, -0.2) is 20.9 Å². The van der Waals surface area contributed by atoms with E-state index in [1.54, 1.807) is 6.20 Å². The predicted molar refractivity (Wildman–Crippen MR) is 72.5 cm³/mol. The summed E-state index contributed by atoms with van der Waals surface area (Å²) < 4.78 is 2.48. The van der Waals surface area contributed by atoms with Crippen LogP contribution in [0, 0.1) is 13.8 Å². The van der Waals surface area contributed by atoms with Crippen LogP contribution in [0.4, 0.5) is 0 Å². The summed E-state index contributed by atoms with van der Waals surface area (Å²) in [5.41, 5.74) is 4.01. The van der Waals surface area contributed by atoms with E-state index in [0.717, 1.165) is 26.9 Å². The van der Waals surface area contributed by atoms with E-state index in [2.05, 4.69) is 21.0 Å². The van der Waals surface area contributed by atoms with Crippen molar-refractivity contribution in [3.63, 3.8) is 0 Å². The molecule has 0 fully saturated rings. The highest BCUT2D eigenvalue weighted by atomic mass is 79.9. The molecule has 18 heavy (non-hydrogen) atoms. The van der Waals surface area contributed by atoms with E-state index in [-0.39, 0.29) is 6.54 Å². The van der Waals surface area contributed by atoms with Crippen LogP contribution in [0.3, 0.4) is 0 Å². The van der Waals surface area contributed by atoms with Gasteiger partial charge in [-0.3, -0.25) is 9.48 Å². The SMILES string of the molecule is Cc1cc(Br)ccc1-c1cn(CC(=O)O)nc1C. The molecule has 0 unspecified atom stereocenters. The Morgan fingerprint density at radius 1 is 1.39 bits per heavy atom. The summed E-state index contributed by atoms with van der Waals surface area (Å²) in [6.07, 6.45) is 1.78. The Labute approximate surface area is 113 Å². The number of carboxylic acid groups (broad SMARTS) is 1. The standard InChI is InChI=1S/C13H13BrN2O2/c1-8-5-10(14)3-4-11(8)12-6-16(7-13(17)18)15-9(12)2/h3-6H,7H2,1-2H3,(H,17,18). The maximum absolute atomic E-state index is 10.7. The van der Waals surface area contributed by atoms with Gasteiger partial charge in [0.25, 0.3) is 0 Å². The fraction of sp³-hybridized carbons (Fsp3) is 0.231. The molecular weight excluding hydrogens is 296 g/mol. The van der Waals surface area contributed by atoms with Crippen molar-refractivity contribution >= 4 is 21.9 Å². The zero-order valence-corrected chi connectivity index (χ0v) is 11.7. The number of aryl methyl sites for hydroxylation is 2. The van der Waals surface area contributed by atoms with Gasteiger partial charge in [-0.15, -0.1) is 0 Å². The minimum absolute atomic E-state index is 0.115. The first-order valence-electron chi connectivity index (χ1n) is 5.50. The summed E-state index contributed by atoms with van der Waals surface area (Å²) in [6, 6.07) is 6.01. The molecule has 4 nitrogen and oxygen atoms in total. The number of carboxylic acids is 1. The average Bonchev–Trinajstić information content (AvgIpc) is 2.58. The highest BCUT2D eigenvalue weighted by Crippen LogP contribution is 2.28. The lowest BCUT2D eigenvalue weighted by Gasteiger charge is -2.04. The Kier molecular flexibility index (Phi) is 3.52. The number of hydrogen-bond donors (Lipinski definition) is 1. The zero-order chi connectivity index (χ0) is 13.3. The molecule has 1 aromatic carbocycles. The lowest BCUT2D eigenvalue weighted by atomic mass is 10.0. The molecule has 0 radical (unpaired) electrons. The molecule has 0 aliphatic carbocycles. The topological polar surface area (TPSA) is 55.1 Å². The second-order valence-corrected chi connectivity index (χ2v) is 5.09. The number of hydrogen-bond acceptors (Lipinski definition) is 2. The fourth-order valence-corrected chi connectivity index (χ4v) is 2.41. The fourth-order valence-electron chi connectivity index (χ4n) is 1.93. The highest BCUT2D eigenvalue weighted by molar-refractivity contribution is 9.10. The second-order valence-electron chi connectivity index (χ2n) is 4.18. The van der Waals surface area contributed by atoms with Crippen LogP contribution in [0.15, 0.2) is 28.9 Å². The first-order chi connectivity index (χ1) is 8.47. The number of benzene rings is 1. The molecule has 1 aromatic heterocycles. The largest absolute Gasteiger partial charge is 0.480 e. The van der Waals surface area contributed by atoms with Gasteiger partial charge in [0.05, 0.1) is 5.69 Å². The monoisotopic (exact) mass is 308 g/mol. The minimum atomic E-state index is -0.892. The third-order valence-electron chi connectivity index (χ3n) is 2.72. The highest BCUT2D eigenvalue weighted by Gasteiger charge is 2.11. The Bertz CT molecular complexity index is 605. The van der Waals surface area contributed by atoms with Crippen molar-refractivity contribution in [3.05, 3.63) is 40.1 Å². The number of rotatable bonds is 3. The summed E-state index contributed by atoms with van der Waals surface area (Å²) in [4.78, 5) is 10.7. The van der Waals surface area contributed by atoms with Crippen LogP contribution in [0.1, 0.15) is 11.3 Å². The summed E-state index contributed by atoms with van der Waals surface area (Å²) in [7, 11) is 0. The first-order valence-corrected chi connectivity index (χ1v) is 6.29. The van der Waals surface area contributed by atoms with Crippen molar-refractivity contribution < 1.29 is 9.90 Å². The molecule has 0 spiro atoms. The van der Waals surface area contributed by atoms with Crippen LogP contribution >= 0.6 is 15.9 Å². The molecule has 1 heterocycles. The molecule has 0 saturated heterocycles. The molecule has 1 N–H and O–H groups in total. The number of carbonyl (C=O) groups is 1. The van der Waals surface area contributed by atoms with Gasteiger partial charge in [-0.2, -0.15) is 5.10 Å². The maximum atomic E-state index is 10.7. The van der Waals surface area contributed by atoms with Gasteiger partial charge in [-0.05, 0) is 37.1 Å². The van der Waals surface area contributed by atoms with Crippen LogP contribution < -0.4 is 0 Å². The summed E-state index contributed by atoms with van der Waals surface area (Å²) in [5.74, 6) is -0.892. The van der Waals surface area contributed by atoms with E-state index in [4.69, 9.17) is 5.11 Å². The third kappa shape index (κ3) is 2.61. The van der Waals surface area contributed by atoms with E-state index in [1.807, 2.05) is 32.0 Å². The smallest absolute Gasteiger partial charge is 0.325 e. The van der Waals surface area contributed by atoms with Crippen molar-refractivity contribution in [1.29, 1.82) is 0 Å². The quantitative estimate of drug-likeness (QED) is 0.948. The zero-order valence-electron chi connectivity index (χ0n) is 10.1. The van der Waals surface area contributed by atoms with E-state index < -0.39 is 5.97 Å². The molecule has 0 aliphatic rings. The van der Waals surface area contributed by atoms with Gasteiger partial charge in [0, 0.05) is 16.2 Å². The average molecular weight is 309 g/mol. The number of aromatic nitrogens is 2. The molecule has 0 saturated carbocycles. The van der Waals surface area contributed by atoms with Crippen molar-refractivity contribution in [2.45, 2.75) is 20.4 Å². The summed E-state index contributed by atoms with van der Waals surface area (Å²) in [5, 5.41) is 13.0. The minimum Gasteiger partial charge on any atom is -0.480 e. The summed E-state index contributed by atoms with van der Waals surface area (Å²) in [6.45, 7) is 3.79. The van der Waals surface area contributed by atoms with E-state index in [1.165, 1.54) is 4.68 Å². The van der Waals surface area contributed by atoms with Gasteiger partial charge in [0.1, 0.15) is 6.54 Å². The molecule has 0 bridgehead atoms. The Hall–Kier alpha value is -1.62. The Morgan fingerprint density at radius 2 is 2.11 bits per heavy atom. The van der Waals surface area contributed by atoms with E-state index in [9.17, 15) is 4.79 Å². The number of aliphatic carboxylic acids is 1. The van der Waals surface area contributed by atoms with Gasteiger partial charge in [-0.25, -0.2) is 0 Å². The van der Waals surface area contributed by atoms with Crippen LogP contribution in [-0.2, 0) is 11.3 Å². The molecule has 2 rings (SSSR count). The Morgan fingerprint density at radius 3 is 2.72 bits per heavy atom. The van der Waals surface area contributed by atoms with Gasteiger partial charge in [-0.1, -0.05) is 22.0 Å². The molecule has 0 atom stereocenters. The van der Waals surface area contributed by atoms with E-state index >= 15 is 0 Å². The first kappa shape index (κ1) is 12.8. The summed E-state index contributed by atoms with van der Waals surface area (Å²) >= 11 is 3.43. The molecule has 2 aromatic rings. The Balaban J connectivity index is 2.44. The molecular formula is C13H13BrN2O2. The lowest BCUT2D eigenvalue weighted by molar-refractivity contribution is -0.137. The van der Waals surface area contributed by atoms with Crippen LogP contribution in [0.25, 0.3) is 11.1 Å². The van der Waals surface area contributed by atoms with Gasteiger partial charge >= 0.3 is 5.97 Å². The van der Waals surface area contributed by atoms with Gasteiger partial charge < -0.3 is 5.11 Å². The van der Waals surface area contributed by atoms with Crippen LogP contribution in [0.5, 0.6) is 0 Å². The lowest BCUT2D eigenvalue weighted by Crippen LogP contribution is -2.08. The van der Waals surface area contributed by atoms with Gasteiger partial charge in [0.2, 0.25) is 0 Å². The van der Waals surface area contributed by atoms with Crippen molar-refractivity contribution in [2.75, 3.05) is 0 Å². The maximum Gasteiger partial charge on any atom is 0.325 e. The van der Waals surface area contributed by atoms with E-state index in [0.29, 0.717) is 0 Å². The van der Waals surface area contributed by atoms with Crippen molar-refractivity contribution in [2.24, 2.45) is 0 Å². The van der Waals surface area contributed by atoms with Crippen LogP contribution in [0.2, 0.25) is 0 Å². The molecule has 5 heteroatoms. The molecule has 94 valence electrons. The molecule has 0 amide bonds. The van der Waals surface area contributed by atoms with Gasteiger partial charge in [0.15, 0.2) is 0 Å². The predicted octanol–water partition coefficient (Wildman–Crippen LogP) is 3.01.